The van der Waals surface area contributed by atoms with E-state index in [0.29, 0.717) is 19.4 Å². The van der Waals surface area contributed by atoms with Crippen LogP contribution in [-0.2, 0) is 33.4 Å². The number of methoxy groups -OCH3 is 1. The fourth-order valence-corrected chi connectivity index (χ4v) is 3.17. The second-order valence-electron chi connectivity index (χ2n) is 8.68. The van der Waals surface area contributed by atoms with Crippen LogP contribution in [0.25, 0.3) is 0 Å². The second-order valence-corrected chi connectivity index (χ2v) is 10.5. The molecular weight excluding hydrogens is 477 g/mol. The molecule has 0 aliphatic carbocycles. The minimum Gasteiger partial charge on any atom is -0.461 e. The van der Waals surface area contributed by atoms with E-state index in [2.05, 4.69) is 10.7 Å². The molecule has 2 amide bonds. The van der Waals surface area contributed by atoms with Gasteiger partial charge in [-0.15, -0.1) is 0 Å². The third kappa shape index (κ3) is 10.0. The lowest BCUT2D eigenvalue weighted by atomic mass is 10.1. The van der Waals surface area contributed by atoms with Gasteiger partial charge in [-0.25, -0.2) is 5.43 Å². The minimum atomic E-state index is -1.21. The predicted molar refractivity (Wildman–Crippen MR) is 122 cm³/mol. The van der Waals surface area contributed by atoms with Crippen LogP contribution in [0.5, 0.6) is 0 Å². The van der Waals surface area contributed by atoms with Crippen molar-refractivity contribution in [1.82, 2.24) is 15.8 Å². The average Bonchev–Trinajstić information content (AvgIpc) is 2.74. The Morgan fingerprint density at radius 1 is 1.18 bits per heavy atom. The van der Waals surface area contributed by atoms with Crippen molar-refractivity contribution in [3.05, 3.63) is 0 Å². The van der Waals surface area contributed by atoms with Gasteiger partial charge in [0.1, 0.15) is 23.0 Å². The molecule has 0 aromatic rings. The normalized spacial score (nSPS) is 19.4. The zero-order chi connectivity index (χ0) is 25.3. The van der Waals surface area contributed by atoms with Gasteiger partial charge in [0.25, 0.3) is 11.8 Å². The highest BCUT2D eigenvalue weighted by molar-refractivity contribution is 6.48. The summed E-state index contributed by atoms with van der Waals surface area (Å²) >= 11 is 11.6. The molecule has 0 radical (unpaired) electrons. The number of nitrogens with zero attached hydrogens (tertiary/aromatic N) is 1. The van der Waals surface area contributed by atoms with Crippen molar-refractivity contribution in [2.75, 3.05) is 26.9 Å². The maximum absolute atomic E-state index is 12.9. The molecule has 0 spiro atoms. The quantitative estimate of drug-likeness (QED) is 0.316. The van der Waals surface area contributed by atoms with Crippen LogP contribution in [0.15, 0.2) is 0 Å². The topological polar surface area (TPSA) is 123 Å². The van der Waals surface area contributed by atoms with Crippen LogP contribution in [0.4, 0.5) is 0 Å². The maximum Gasteiger partial charge on any atom is 0.325 e. The van der Waals surface area contributed by atoms with Crippen molar-refractivity contribution >= 4 is 47.0 Å². The summed E-state index contributed by atoms with van der Waals surface area (Å²) in [5.74, 6) is -3.01. The molecule has 1 fully saturated rings. The van der Waals surface area contributed by atoms with Gasteiger partial charge in [-0.3, -0.25) is 24.2 Å². The first kappa shape index (κ1) is 29.4. The molecule has 1 aliphatic heterocycles. The molecule has 1 rings (SSSR count). The van der Waals surface area contributed by atoms with E-state index < -0.39 is 52.2 Å². The number of nitrogens with one attached hydrogen (secondary N) is 2. The lowest BCUT2D eigenvalue weighted by Gasteiger charge is -2.34. The molecule has 0 aromatic carbocycles. The molecule has 0 saturated carbocycles. The SMILES string of the molecule is COC[C@H](C)C(=O)OC(C(=O)NC(C)C(=O)N1CCC[C@@H](C(=O)OCC(C)(Cl)Cl)N1)C(C)C. The third-order valence-corrected chi connectivity index (χ3v) is 5.08. The standard InChI is InChI=1S/C21H35Cl2N3O7/c1-12(2)16(33-19(29)13(3)10-31-6)17(27)24-14(4)18(28)26-9-7-8-15(25-26)20(30)32-11-21(5,22)23/h12-16,25H,7-11H2,1-6H3,(H,24,27)/t13-,14?,15-,16?/m0/s1. The number of ether oxygens (including phenoxy) is 3. The lowest BCUT2D eigenvalue weighted by Crippen LogP contribution is -2.60. The van der Waals surface area contributed by atoms with Crippen LogP contribution in [0.1, 0.15) is 47.5 Å². The Balaban J connectivity index is 2.69. The average molecular weight is 512 g/mol. The van der Waals surface area contributed by atoms with Gasteiger partial charge in [0.15, 0.2) is 6.10 Å². The van der Waals surface area contributed by atoms with E-state index in [0.717, 1.165) is 0 Å². The van der Waals surface area contributed by atoms with E-state index in [4.69, 9.17) is 37.4 Å². The minimum absolute atomic E-state index is 0.166. The fourth-order valence-electron chi connectivity index (χ4n) is 3.06. The summed E-state index contributed by atoms with van der Waals surface area (Å²) in [6, 6.07) is -1.67. The number of alkyl halides is 2. The molecule has 0 aromatic heterocycles. The lowest BCUT2D eigenvalue weighted by molar-refractivity contribution is -0.164. The molecule has 2 N–H and O–H groups in total. The summed E-state index contributed by atoms with van der Waals surface area (Å²) in [6.45, 7) is 8.45. The highest BCUT2D eigenvalue weighted by atomic mass is 35.5. The summed E-state index contributed by atoms with van der Waals surface area (Å²) in [4.78, 5) is 50.1. The molecule has 10 nitrogen and oxygen atoms in total. The molecule has 12 heteroatoms. The predicted octanol–water partition coefficient (Wildman–Crippen LogP) is 1.57. The first-order valence-electron chi connectivity index (χ1n) is 10.9. The first-order valence-corrected chi connectivity index (χ1v) is 11.6. The Kier molecular flexibility index (Phi) is 11.9. The Hall–Kier alpha value is -1.62. The Bertz CT molecular complexity index is 700. The van der Waals surface area contributed by atoms with Gasteiger partial charge in [0.2, 0.25) is 0 Å². The van der Waals surface area contributed by atoms with Crippen LogP contribution in [-0.4, -0.2) is 78.2 Å². The number of halogens is 2. The molecular formula is C21H35Cl2N3O7. The number of carbonyl (C=O) groups is 4. The number of esters is 2. The molecule has 190 valence electrons. The van der Waals surface area contributed by atoms with E-state index >= 15 is 0 Å². The fraction of sp³-hybridized carbons (Fsp3) is 0.810. The highest BCUT2D eigenvalue weighted by Gasteiger charge is 2.34. The van der Waals surface area contributed by atoms with Gasteiger partial charge in [0.05, 0.1) is 12.5 Å². The Labute approximate surface area is 204 Å². The molecule has 4 atom stereocenters. The third-order valence-electron chi connectivity index (χ3n) is 4.86. The van der Waals surface area contributed by atoms with E-state index in [1.165, 1.54) is 26.0 Å². The zero-order valence-corrected chi connectivity index (χ0v) is 21.5. The largest absolute Gasteiger partial charge is 0.461 e. The van der Waals surface area contributed by atoms with Crippen molar-refractivity contribution in [3.63, 3.8) is 0 Å². The van der Waals surface area contributed by atoms with E-state index in [-0.39, 0.29) is 19.1 Å². The number of rotatable bonds is 11. The Morgan fingerprint density at radius 3 is 2.36 bits per heavy atom. The highest BCUT2D eigenvalue weighted by Crippen LogP contribution is 2.20. The van der Waals surface area contributed by atoms with Gasteiger partial charge in [-0.05, 0) is 39.5 Å². The summed E-state index contributed by atoms with van der Waals surface area (Å²) in [6.07, 6.45) is -0.0400. The molecule has 33 heavy (non-hydrogen) atoms. The molecule has 1 heterocycles. The van der Waals surface area contributed by atoms with Crippen LogP contribution in [0.2, 0.25) is 0 Å². The van der Waals surface area contributed by atoms with Crippen molar-refractivity contribution in [2.24, 2.45) is 11.8 Å². The summed E-state index contributed by atoms with van der Waals surface area (Å²) in [7, 11) is 1.47. The van der Waals surface area contributed by atoms with E-state index in [1.807, 2.05) is 0 Å². The van der Waals surface area contributed by atoms with Crippen molar-refractivity contribution in [3.8, 4) is 0 Å². The number of hydrogen-bond donors (Lipinski definition) is 2. The number of amides is 2. The summed E-state index contributed by atoms with van der Waals surface area (Å²) in [5.41, 5.74) is 2.83. The Morgan fingerprint density at radius 2 is 1.82 bits per heavy atom. The van der Waals surface area contributed by atoms with Gasteiger partial charge in [-0.2, -0.15) is 0 Å². The van der Waals surface area contributed by atoms with Gasteiger partial charge in [-0.1, -0.05) is 37.0 Å². The summed E-state index contributed by atoms with van der Waals surface area (Å²) < 4.78 is 14.2. The van der Waals surface area contributed by atoms with Crippen LogP contribution >= 0.6 is 23.2 Å². The molecule has 1 aliphatic rings. The first-order chi connectivity index (χ1) is 15.3. The van der Waals surface area contributed by atoms with E-state index in [1.54, 1.807) is 20.8 Å². The van der Waals surface area contributed by atoms with Crippen LogP contribution in [0.3, 0.4) is 0 Å². The molecule has 1 saturated heterocycles. The van der Waals surface area contributed by atoms with Crippen molar-refractivity contribution in [2.45, 2.75) is 70.0 Å². The van der Waals surface area contributed by atoms with Crippen molar-refractivity contribution in [1.29, 1.82) is 0 Å². The second kappa shape index (κ2) is 13.3. The maximum atomic E-state index is 12.9. The van der Waals surface area contributed by atoms with E-state index in [9.17, 15) is 19.2 Å². The number of carbonyl (C=O) groups excluding carboxylic acids is 4. The molecule has 2 unspecified atom stereocenters. The van der Waals surface area contributed by atoms with Gasteiger partial charge in [0, 0.05) is 13.7 Å². The number of hydrazine groups is 1. The number of hydrogen-bond acceptors (Lipinski definition) is 8. The smallest absolute Gasteiger partial charge is 0.325 e. The van der Waals surface area contributed by atoms with Crippen LogP contribution < -0.4 is 10.7 Å². The monoisotopic (exact) mass is 511 g/mol. The zero-order valence-electron chi connectivity index (χ0n) is 20.0. The summed E-state index contributed by atoms with van der Waals surface area (Å²) in [5, 5.41) is 3.87. The van der Waals surface area contributed by atoms with Gasteiger partial charge < -0.3 is 19.5 Å². The van der Waals surface area contributed by atoms with Crippen LogP contribution in [0, 0.1) is 11.8 Å². The van der Waals surface area contributed by atoms with Gasteiger partial charge >= 0.3 is 11.9 Å². The van der Waals surface area contributed by atoms with Crippen molar-refractivity contribution < 1.29 is 33.4 Å². The molecule has 0 bridgehead atoms.